The second-order valence-corrected chi connectivity index (χ2v) is 4.80. The molecule has 1 rings (SSSR count). The first-order valence-electron chi connectivity index (χ1n) is 5.57. The van der Waals surface area contributed by atoms with Crippen LogP contribution in [0.3, 0.4) is 0 Å². The van der Waals surface area contributed by atoms with E-state index >= 15 is 0 Å². The monoisotopic (exact) mass is 341 g/mol. The van der Waals surface area contributed by atoms with Crippen molar-refractivity contribution in [1.82, 2.24) is 5.32 Å². The van der Waals surface area contributed by atoms with Crippen molar-refractivity contribution in [2.75, 3.05) is 0 Å². The third kappa shape index (κ3) is 5.66. The zero-order valence-electron chi connectivity index (χ0n) is 10.2. The number of carbonyl (C=O) groups excluding carboxylic acids is 1. The minimum absolute atomic E-state index is 0.665. The van der Waals surface area contributed by atoms with Crippen LogP contribution in [-0.2, 0) is 14.4 Å². The van der Waals surface area contributed by atoms with Crippen LogP contribution in [0.25, 0.3) is 6.08 Å². The Morgan fingerprint density at radius 2 is 1.80 bits per heavy atom. The normalized spacial score (nSPS) is 12.1. The van der Waals surface area contributed by atoms with Crippen LogP contribution in [0.2, 0.25) is 0 Å². The number of rotatable bonds is 6. The van der Waals surface area contributed by atoms with Crippen molar-refractivity contribution in [3.8, 4) is 0 Å². The summed E-state index contributed by atoms with van der Waals surface area (Å²) < 4.78 is 0.895. The molecule has 0 bridgehead atoms. The van der Waals surface area contributed by atoms with Gasteiger partial charge in [0.25, 0.3) is 0 Å². The molecule has 0 fully saturated rings. The average Bonchev–Trinajstić information content (AvgIpc) is 2.36. The zero-order valence-corrected chi connectivity index (χ0v) is 11.8. The molecule has 0 aliphatic carbocycles. The van der Waals surface area contributed by atoms with Crippen LogP contribution in [0.5, 0.6) is 0 Å². The molecule has 0 aliphatic rings. The Bertz CT molecular complexity index is 538. The molecule has 1 aromatic rings. The number of carboxylic acid groups (broad SMARTS) is 2. The summed E-state index contributed by atoms with van der Waals surface area (Å²) in [5.41, 5.74) is 0.758. The quantitative estimate of drug-likeness (QED) is 0.680. The predicted octanol–water partition coefficient (Wildman–Crippen LogP) is 1.51. The van der Waals surface area contributed by atoms with Crippen molar-refractivity contribution in [2.45, 2.75) is 12.5 Å². The number of halogens is 1. The van der Waals surface area contributed by atoms with Crippen molar-refractivity contribution in [3.05, 3.63) is 40.4 Å². The summed E-state index contributed by atoms with van der Waals surface area (Å²) in [5, 5.41) is 19.4. The number of hydrogen-bond acceptors (Lipinski definition) is 3. The number of carbonyl (C=O) groups is 3. The Balaban J connectivity index is 2.63. The van der Waals surface area contributed by atoms with Crippen LogP contribution in [0.15, 0.2) is 34.8 Å². The molecule has 1 unspecified atom stereocenters. The van der Waals surface area contributed by atoms with Gasteiger partial charge in [0.15, 0.2) is 0 Å². The number of benzene rings is 1. The van der Waals surface area contributed by atoms with E-state index in [1.54, 1.807) is 24.3 Å². The molecular formula is C13H12BrNO5. The fraction of sp³-hybridized carbons (Fsp3) is 0.154. The van der Waals surface area contributed by atoms with Gasteiger partial charge >= 0.3 is 11.9 Å². The summed E-state index contributed by atoms with van der Waals surface area (Å²) in [5.74, 6) is -3.35. The molecule has 20 heavy (non-hydrogen) atoms. The lowest BCUT2D eigenvalue weighted by Gasteiger charge is -2.10. The Hall–Kier alpha value is -2.15. The molecule has 0 saturated heterocycles. The molecule has 6 nitrogen and oxygen atoms in total. The first-order valence-corrected chi connectivity index (χ1v) is 6.36. The smallest absolute Gasteiger partial charge is 0.326 e. The zero-order chi connectivity index (χ0) is 15.1. The van der Waals surface area contributed by atoms with Crippen LogP contribution < -0.4 is 5.32 Å². The number of hydrogen-bond donors (Lipinski definition) is 3. The van der Waals surface area contributed by atoms with Gasteiger partial charge in [0.1, 0.15) is 6.04 Å². The van der Waals surface area contributed by atoms with E-state index < -0.39 is 30.3 Å². The summed E-state index contributed by atoms with van der Waals surface area (Å²) in [4.78, 5) is 32.8. The summed E-state index contributed by atoms with van der Waals surface area (Å²) in [6.45, 7) is 0. The molecule has 0 spiro atoms. The molecule has 1 aromatic carbocycles. The average molecular weight is 342 g/mol. The van der Waals surface area contributed by atoms with Crippen molar-refractivity contribution in [2.24, 2.45) is 0 Å². The van der Waals surface area contributed by atoms with Gasteiger partial charge in [-0.05, 0) is 23.8 Å². The first-order chi connectivity index (χ1) is 9.38. The molecule has 1 amide bonds. The Labute approximate surface area is 123 Å². The topological polar surface area (TPSA) is 104 Å². The van der Waals surface area contributed by atoms with Crippen LogP contribution in [0.4, 0.5) is 0 Å². The predicted molar refractivity (Wildman–Crippen MR) is 75.0 cm³/mol. The van der Waals surface area contributed by atoms with Crippen molar-refractivity contribution in [1.29, 1.82) is 0 Å². The molecular weight excluding hydrogens is 330 g/mol. The molecule has 106 valence electrons. The Morgan fingerprint density at radius 1 is 1.20 bits per heavy atom. The van der Waals surface area contributed by atoms with E-state index in [9.17, 15) is 14.4 Å². The van der Waals surface area contributed by atoms with Crippen LogP contribution >= 0.6 is 15.9 Å². The highest BCUT2D eigenvalue weighted by molar-refractivity contribution is 9.10. The largest absolute Gasteiger partial charge is 0.481 e. The third-order valence-corrected chi connectivity index (χ3v) is 2.82. The lowest BCUT2D eigenvalue weighted by Crippen LogP contribution is -2.41. The maximum absolute atomic E-state index is 11.5. The van der Waals surface area contributed by atoms with Crippen LogP contribution in [-0.4, -0.2) is 34.1 Å². The van der Waals surface area contributed by atoms with E-state index in [1.807, 2.05) is 0 Å². The summed E-state index contributed by atoms with van der Waals surface area (Å²) in [7, 11) is 0. The van der Waals surface area contributed by atoms with Gasteiger partial charge in [-0.3, -0.25) is 9.59 Å². The van der Waals surface area contributed by atoms with Gasteiger partial charge in [-0.1, -0.05) is 28.1 Å². The van der Waals surface area contributed by atoms with Crippen LogP contribution in [0.1, 0.15) is 12.0 Å². The van der Waals surface area contributed by atoms with E-state index in [0.29, 0.717) is 0 Å². The number of aliphatic carboxylic acids is 2. The van der Waals surface area contributed by atoms with E-state index in [2.05, 4.69) is 21.2 Å². The van der Waals surface area contributed by atoms with E-state index in [4.69, 9.17) is 10.2 Å². The van der Waals surface area contributed by atoms with E-state index in [0.717, 1.165) is 16.1 Å². The number of carboxylic acids is 2. The maximum Gasteiger partial charge on any atom is 0.326 e. The molecule has 7 heteroatoms. The molecule has 0 saturated carbocycles. The number of amides is 1. The summed E-state index contributed by atoms with van der Waals surface area (Å²) in [6, 6.07) is 5.67. The molecule has 1 atom stereocenters. The summed E-state index contributed by atoms with van der Waals surface area (Å²) >= 11 is 3.27. The van der Waals surface area contributed by atoms with Crippen molar-refractivity contribution in [3.63, 3.8) is 0 Å². The minimum atomic E-state index is -1.45. The van der Waals surface area contributed by atoms with Crippen LogP contribution in [0, 0.1) is 0 Å². The highest BCUT2D eigenvalue weighted by Crippen LogP contribution is 2.11. The summed E-state index contributed by atoms with van der Waals surface area (Å²) in [6.07, 6.45) is 1.98. The lowest BCUT2D eigenvalue weighted by atomic mass is 10.2. The SMILES string of the molecule is O=C(O)CC(NC(=O)/C=C/c1ccc(Br)cc1)C(=O)O. The van der Waals surface area contributed by atoms with Gasteiger partial charge < -0.3 is 15.5 Å². The Kier molecular flexibility index (Phi) is 5.92. The van der Waals surface area contributed by atoms with Crippen molar-refractivity contribution < 1.29 is 24.6 Å². The lowest BCUT2D eigenvalue weighted by molar-refractivity contribution is -0.146. The van der Waals surface area contributed by atoms with E-state index in [1.165, 1.54) is 6.08 Å². The molecule has 3 N–H and O–H groups in total. The standard InChI is InChI=1S/C13H12BrNO5/c14-9-4-1-8(2-5-9)3-6-11(16)15-10(13(19)20)7-12(17)18/h1-6,10H,7H2,(H,15,16)(H,17,18)(H,19,20)/b6-3+. The van der Waals surface area contributed by atoms with Gasteiger partial charge in [-0.15, -0.1) is 0 Å². The molecule has 0 heterocycles. The molecule has 0 radical (unpaired) electrons. The van der Waals surface area contributed by atoms with Gasteiger partial charge in [0.05, 0.1) is 6.42 Å². The second-order valence-electron chi connectivity index (χ2n) is 3.88. The molecule has 0 aliphatic heterocycles. The minimum Gasteiger partial charge on any atom is -0.481 e. The van der Waals surface area contributed by atoms with E-state index in [-0.39, 0.29) is 0 Å². The fourth-order valence-electron chi connectivity index (χ4n) is 1.34. The van der Waals surface area contributed by atoms with Gasteiger partial charge in [-0.25, -0.2) is 4.79 Å². The highest BCUT2D eigenvalue weighted by atomic mass is 79.9. The Morgan fingerprint density at radius 3 is 2.30 bits per heavy atom. The van der Waals surface area contributed by atoms with Gasteiger partial charge in [-0.2, -0.15) is 0 Å². The fourth-order valence-corrected chi connectivity index (χ4v) is 1.60. The number of nitrogens with one attached hydrogen (secondary N) is 1. The van der Waals surface area contributed by atoms with Gasteiger partial charge in [0, 0.05) is 10.5 Å². The second kappa shape index (κ2) is 7.44. The third-order valence-electron chi connectivity index (χ3n) is 2.29. The van der Waals surface area contributed by atoms with Gasteiger partial charge in [0.2, 0.25) is 5.91 Å². The first kappa shape index (κ1) is 15.9. The highest BCUT2D eigenvalue weighted by Gasteiger charge is 2.21. The molecule has 0 aromatic heterocycles. The maximum atomic E-state index is 11.5. The van der Waals surface area contributed by atoms with Crippen molar-refractivity contribution >= 4 is 39.9 Å².